The van der Waals surface area contributed by atoms with Gasteiger partial charge in [-0.2, -0.15) is 0 Å². The van der Waals surface area contributed by atoms with Gasteiger partial charge in [-0.25, -0.2) is 0 Å². The number of rotatable bonds is 6. The standard InChI is InChI=1S/C16H19NO3/c1-2-20-10-4-7-16(19)17-15-6-3-5-12-8-9-13(18)11-14(12)15/h3,5-6,8-9,11,18H,2,4,7,10H2,1H3,(H,17,19). The summed E-state index contributed by atoms with van der Waals surface area (Å²) < 4.78 is 5.21. The number of hydrogen-bond donors (Lipinski definition) is 2. The van der Waals surface area contributed by atoms with Crippen LogP contribution in [-0.2, 0) is 9.53 Å². The second kappa shape index (κ2) is 6.91. The van der Waals surface area contributed by atoms with Gasteiger partial charge in [-0.15, -0.1) is 0 Å². The van der Waals surface area contributed by atoms with Gasteiger partial charge < -0.3 is 15.2 Å². The summed E-state index contributed by atoms with van der Waals surface area (Å²) in [5.74, 6) is 0.149. The van der Waals surface area contributed by atoms with Crippen LogP contribution in [0.25, 0.3) is 10.8 Å². The molecule has 0 fully saturated rings. The van der Waals surface area contributed by atoms with Crippen molar-refractivity contribution in [2.45, 2.75) is 19.8 Å². The Balaban J connectivity index is 2.05. The summed E-state index contributed by atoms with van der Waals surface area (Å²) in [6.07, 6.45) is 1.13. The van der Waals surface area contributed by atoms with Crippen LogP contribution in [0.4, 0.5) is 5.69 Å². The number of phenolic OH excluding ortho intramolecular Hbond substituents is 1. The quantitative estimate of drug-likeness (QED) is 0.794. The molecule has 0 atom stereocenters. The number of carbonyl (C=O) groups excluding carboxylic acids is 1. The van der Waals surface area contributed by atoms with Gasteiger partial charge >= 0.3 is 0 Å². The van der Waals surface area contributed by atoms with Crippen LogP contribution in [0.5, 0.6) is 5.75 Å². The van der Waals surface area contributed by atoms with E-state index in [4.69, 9.17) is 4.74 Å². The Kier molecular flexibility index (Phi) is 4.96. The van der Waals surface area contributed by atoms with Crippen LogP contribution in [-0.4, -0.2) is 24.2 Å². The second-order valence-corrected chi connectivity index (χ2v) is 4.56. The van der Waals surface area contributed by atoms with E-state index < -0.39 is 0 Å². The first-order chi connectivity index (χ1) is 9.70. The minimum atomic E-state index is -0.0412. The summed E-state index contributed by atoms with van der Waals surface area (Å²) >= 11 is 0. The van der Waals surface area contributed by atoms with Crippen molar-refractivity contribution < 1.29 is 14.6 Å². The van der Waals surface area contributed by atoms with Crippen molar-refractivity contribution in [1.82, 2.24) is 0 Å². The fourth-order valence-corrected chi connectivity index (χ4v) is 2.06. The number of carbonyl (C=O) groups is 1. The lowest BCUT2D eigenvalue weighted by Gasteiger charge is -2.09. The predicted molar refractivity (Wildman–Crippen MR) is 80.0 cm³/mol. The van der Waals surface area contributed by atoms with Crippen LogP contribution in [0.15, 0.2) is 36.4 Å². The zero-order valence-electron chi connectivity index (χ0n) is 11.6. The highest BCUT2D eigenvalue weighted by molar-refractivity contribution is 6.02. The first kappa shape index (κ1) is 14.3. The first-order valence-corrected chi connectivity index (χ1v) is 6.80. The lowest BCUT2D eigenvalue weighted by molar-refractivity contribution is -0.116. The highest BCUT2D eigenvalue weighted by Gasteiger charge is 2.06. The highest BCUT2D eigenvalue weighted by Crippen LogP contribution is 2.27. The van der Waals surface area contributed by atoms with E-state index in [9.17, 15) is 9.90 Å². The van der Waals surface area contributed by atoms with Gasteiger partial charge in [0.15, 0.2) is 0 Å². The maximum absolute atomic E-state index is 11.9. The molecule has 0 bridgehead atoms. The second-order valence-electron chi connectivity index (χ2n) is 4.56. The van der Waals surface area contributed by atoms with Crippen LogP contribution >= 0.6 is 0 Å². The molecule has 0 radical (unpaired) electrons. The van der Waals surface area contributed by atoms with Crippen LogP contribution in [0.2, 0.25) is 0 Å². The number of nitrogens with one attached hydrogen (secondary N) is 1. The Bertz CT molecular complexity index is 595. The van der Waals surface area contributed by atoms with Crippen molar-refractivity contribution in [3.8, 4) is 5.75 Å². The topological polar surface area (TPSA) is 58.6 Å². The number of amides is 1. The summed E-state index contributed by atoms with van der Waals surface area (Å²) in [5, 5.41) is 14.3. The Morgan fingerprint density at radius 2 is 2.15 bits per heavy atom. The molecule has 0 aliphatic carbocycles. The summed E-state index contributed by atoms with van der Waals surface area (Å²) in [6, 6.07) is 10.8. The molecule has 106 valence electrons. The lowest BCUT2D eigenvalue weighted by Crippen LogP contribution is -2.12. The molecule has 0 aromatic heterocycles. The molecule has 1 amide bonds. The highest BCUT2D eigenvalue weighted by atomic mass is 16.5. The third-order valence-corrected chi connectivity index (χ3v) is 3.04. The van der Waals surface area contributed by atoms with Gasteiger partial charge in [0.2, 0.25) is 5.91 Å². The van der Waals surface area contributed by atoms with E-state index in [0.717, 1.165) is 16.5 Å². The number of anilines is 1. The van der Waals surface area contributed by atoms with Crippen molar-refractivity contribution in [2.75, 3.05) is 18.5 Å². The first-order valence-electron chi connectivity index (χ1n) is 6.80. The molecule has 0 unspecified atom stereocenters. The van der Waals surface area contributed by atoms with Crippen molar-refractivity contribution in [3.63, 3.8) is 0 Å². The molecule has 2 rings (SSSR count). The fourth-order valence-electron chi connectivity index (χ4n) is 2.06. The monoisotopic (exact) mass is 273 g/mol. The average Bonchev–Trinajstić information content (AvgIpc) is 2.44. The van der Waals surface area contributed by atoms with Crippen molar-refractivity contribution >= 4 is 22.4 Å². The smallest absolute Gasteiger partial charge is 0.224 e. The van der Waals surface area contributed by atoms with Crippen molar-refractivity contribution in [1.29, 1.82) is 0 Å². The lowest BCUT2D eigenvalue weighted by atomic mass is 10.1. The Morgan fingerprint density at radius 1 is 1.30 bits per heavy atom. The van der Waals surface area contributed by atoms with Gasteiger partial charge in [-0.1, -0.05) is 18.2 Å². The van der Waals surface area contributed by atoms with Gasteiger partial charge in [0.05, 0.1) is 0 Å². The number of benzene rings is 2. The molecular formula is C16H19NO3. The molecular weight excluding hydrogens is 254 g/mol. The summed E-state index contributed by atoms with van der Waals surface area (Å²) in [7, 11) is 0. The zero-order chi connectivity index (χ0) is 14.4. The molecule has 0 saturated heterocycles. The molecule has 0 aliphatic heterocycles. The fraction of sp³-hybridized carbons (Fsp3) is 0.312. The summed E-state index contributed by atoms with van der Waals surface area (Å²) in [6.45, 7) is 3.20. The van der Waals surface area contributed by atoms with E-state index >= 15 is 0 Å². The molecule has 0 spiro atoms. The maximum Gasteiger partial charge on any atom is 0.224 e. The Labute approximate surface area is 118 Å². The van der Waals surface area contributed by atoms with E-state index in [1.807, 2.05) is 31.2 Å². The number of hydrogen-bond acceptors (Lipinski definition) is 3. The average molecular weight is 273 g/mol. The third-order valence-electron chi connectivity index (χ3n) is 3.04. The molecule has 0 saturated carbocycles. The van der Waals surface area contributed by atoms with Crippen LogP contribution in [0, 0.1) is 0 Å². The van der Waals surface area contributed by atoms with Gasteiger partial charge in [-0.05, 0) is 36.9 Å². The Morgan fingerprint density at radius 3 is 2.95 bits per heavy atom. The minimum absolute atomic E-state index is 0.0412. The van der Waals surface area contributed by atoms with Gasteiger partial charge in [0, 0.05) is 30.7 Å². The normalized spacial score (nSPS) is 10.7. The summed E-state index contributed by atoms with van der Waals surface area (Å²) in [4.78, 5) is 11.9. The number of phenols is 1. The van der Waals surface area contributed by atoms with Gasteiger partial charge in [-0.3, -0.25) is 4.79 Å². The molecule has 0 heterocycles. The van der Waals surface area contributed by atoms with E-state index in [2.05, 4.69) is 5.32 Å². The van der Waals surface area contributed by atoms with E-state index in [1.165, 1.54) is 0 Å². The number of fused-ring (bicyclic) bond motifs is 1. The van der Waals surface area contributed by atoms with E-state index in [0.29, 0.717) is 26.1 Å². The number of aromatic hydroxyl groups is 1. The number of ether oxygens (including phenoxy) is 1. The molecule has 2 aromatic rings. The molecule has 20 heavy (non-hydrogen) atoms. The van der Waals surface area contributed by atoms with Crippen molar-refractivity contribution in [2.24, 2.45) is 0 Å². The molecule has 4 heteroatoms. The van der Waals surface area contributed by atoms with Gasteiger partial charge in [0.1, 0.15) is 5.75 Å². The Hall–Kier alpha value is -2.07. The molecule has 2 aromatic carbocycles. The van der Waals surface area contributed by atoms with E-state index in [-0.39, 0.29) is 11.7 Å². The van der Waals surface area contributed by atoms with Crippen molar-refractivity contribution in [3.05, 3.63) is 36.4 Å². The summed E-state index contributed by atoms with van der Waals surface area (Å²) in [5.41, 5.74) is 0.722. The zero-order valence-corrected chi connectivity index (χ0v) is 11.6. The third kappa shape index (κ3) is 3.71. The minimum Gasteiger partial charge on any atom is -0.508 e. The predicted octanol–water partition coefficient (Wildman–Crippen LogP) is 3.30. The van der Waals surface area contributed by atoms with E-state index in [1.54, 1.807) is 12.1 Å². The SMILES string of the molecule is CCOCCCC(=O)Nc1cccc2ccc(O)cc12. The van der Waals surface area contributed by atoms with Gasteiger partial charge in [0.25, 0.3) is 0 Å². The maximum atomic E-state index is 11.9. The van der Waals surface area contributed by atoms with Crippen LogP contribution in [0.1, 0.15) is 19.8 Å². The van der Waals surface area contributed by atoms with Crippen LogP contribution < -0.4 is 5.32 Å². The van der Waals surface area contributed by atoms with Crippen LogP contribution in [0.3, 0.4) is 0 Å². The molecule has 2 N–H and O–H groups in total. The molecule has 4 nitrogen and oxygen atoms in total. The molecule has 0 aliphatic rings. The largest absolute Gasteiger partial charge is 0.508 e.